The van der Waals surface area contributed by atoms with Crippen molar-refractivity contribution in [1.29, 1.82) is 0 Å². The van der Waals surface area contributed by atoms with Gasteiger partial charge in [0.1, 0.15) is 5.69 Å². The van der Waals surface area contributed by atoms with E-state index in [2.05, 4.69) is 87.3 Å². The van der Waals surface area contributed by atoms with E-state index >= 15 is 0 Å². The van der Waals surface area contributed by atoms with E-state index in [1.165, 1.54) is 16.7 Å². The lowest BCUT2D eigenvalue weighted by Gasteiger charge is -2.32. The van der Waals surface area contributed by atoms with Gasteiger partial charge in [-0.05, 0) is 50.8 Å². The highest BCUT2D eigenvalue weighted by Gasteiger charge is 2.25. The van der Waals surface area contributed by atoms with Crippen LogP contribution in [-0.2, 0) is 13.1 Å². The van der Waals surface area contributed by atoms with Crippen molar-refractivity contribution >= 4 is 17.0 Å². The quantitative estimate of drug-likeness (QED) is 0.364. The molecule has 1 saturated carbocycles. The minimum atomic E-state index is -0.211. The number of aliphatic hydroxyl groups excluding tert-OH is 1. The predicted molar refractivity (Wildman–Crippen MR) is 156 cm³/mol. The first kappa shape index (κ1) is 25.9. The summed E-state index contributed by atoms with van der Waals surface area (Å²) in [6.45, 7) is 8.22. The van der Waals surface area contributed by atoms with Crippen LogP contribution in [0.1, 0.15) is 48.4 Å². The first-order valence-electron chi connectivity index (χ1n) is 14.2. The maximum absolute atomic E-state index is 10.1. The number of nitrogens with zero attached hydrogens (tertiary/aromatic N) is 6. The van der Waals surface area contributed by atoms with Crippen molar-refractivity contribution in [3.63, 3.8) is 0 Å². The van der Waals surface area contributed by atoms with Gasteiger partial charge in [0.2, 0.25) is 5.95 Å². The third-order valence-corrected chi connectivity index (χ3v) is 8.26. The molecule has 2 fully saturated rings. The third kappa shape index (κ3) is 5.98. The molecule has 3 heterocycles. The fraction of sp³-hybridized carbons (Fsp3) is 0.452. The molecule has 0 spiro atoms. The van der Waals surface area contributed by atoms with E-state index in [-0.39, 0.29) is 12.1 Å². The van der Waals surface area contributed by atoms with E-state index in [1.54, 1.807) is 0 Å². The van der Waals surface area contributed by atoms with Crippen LogP contribution in [0.5, 0.6) is 0 Å². The Hall–Kier alpha value is -3.33. The average molecular weight is 526 g/mol. The molecule has 204 valence electrons. The maximum atomic E-state index is 10.1. The molecule has 0 amide bonds. The van der Waals surface area contributed by atoms with Crippen LogP contribution in [0.4, 0.5) is 5.95 Å². The first-order chi connectivity index (χ1) is 19.0. The number of rotatable bonds is 7. The number of likely N-dealkylation sites (N-methyl/N-ethyl adjacent to an activating group) is 1. The van der Waals surface area contributed by atoms with E-state index in [0.717, 1.165) is 80.7 Å². The Labute approximate surface area is 230 Å². The van der Waals surface area contributed by atoms with Gasteiger partial charge in [0.25, 0.3) is 0 Å². The maximum Gasteiger partial charge on any atom is 0.224 e. The van der Waals surface area contributed by atoms with E-state index in [0.29, 0.717) is 12.5 Å². The molecule has 2 aromatic heterocycles. The normalized spacial score (nSPS) is 20.9. The fourth-order valence-corrected chi connectivity index (χ4v) is 5.70. The SMILES string of the molecule is Cc1ccc(CNc2ncc3c(-c4ccc(CN5CCN(C)CC5)cc4)nn([C@H]4CC[C@H](O)CC4)c3n2)cc1. The van der Waals surface area contributed by atoms with E-state index < -0.39 is 0 Å². The topological polar surface area (TPSA) is 82.3 Å². The zero-order chi connectivity index (χ0) is 26.8. The van der Waals surface area contributed by atoms with Gasteiger partial charge < -0.3 is 15.3 Å². The molecule has 2 aromatic carbocycles. The van der Waals surface area contributed by atoms with Crippen LogP contribution < -0.4 is 5.32 Å². The molecular formula is C31H39N7O. The number of nitrogens with one attached hydrogen (secondary N) is 1. The van der Waals surface area contributed by atoms with Gasteiger partial charge in [0.15, 0.2) is 5.65 Å². The highest BCUT2D eigenvalue weighted by atomic mass is 16.3. The smallest absolute Gasteiger partial charge is 0.224 e. The van der Waals surface area contributed by atoms with Gasteiger partial charge in [0.05, 0.1) is 17.5 Å². The van der Waals surface area contributed by atoms with Gasteiger partial charge in [-0.15, -0.1) is 0 Å². The molecule has 6 rings (SSSR count). The molecule has 4 aromatic rings. The molecule has 1 aliphatic carbocycles. The van der Waals surface area contributed by atoms with Crippen LogP contribution in [0, 0.1) is 6.92 Å². The Morgan fingerprint density at radius 1 is 0.897 bits per heavy atom. The standard InChI is InChI=1S/C31H39N7O/c1-22-3-5-23(6-4-22)19-32-31-33-20-28-29(35-38(30(28)34-31)26-11-13-27(39)14-12-26)25-9-7-24(8-10-25)21-37-17-15-36(2)16-18-37/h3-10,20,26-27,39H,11-19,21H2,1-2H3,(H,32,33,34)/t26-,27-. The molecule has 0 bridgehead atoms. The molecule has 0 radical (unpaired) electrons. The van der Waals surface area contributed by atoms with Crippen LogP contribution in [0.2, 0.25) is 0 Å². The lowest BCUT2D eigenvalue weighted by atomic mass is 9.93. The molecule has 39 heavy (non-hydrogen) atoms. The average Bonchev–Trinajstić information content (AvgIpc) is 3.34. The highest BCUT2D eigenvalue weighted by molar-refractivity contribution is 5.91. The predicted octanol–water partition coefficient (Wildman–Crippen LogP) is 4.64. The van der Waals surface area contributed by atoms with Crippen LogP contribution in [0.15, 0.2) is 54.7 Å². The third-order valence-electron chi connectivity index (χ3n) is 8.26. The molecule has 2 N–H and O–H groups in total. The van der Waals surface area contributed by atoms with Crippen LogP contribution in [0.3, 0.4) is 0 Å². The molecule has 0 unspecified atom stereocenters. The fourth-order valence-electron chi connectivity index (χ4n) is 5.70. The van der Waals surface area contributed by atoms with Crippen LogP contribution in [0.25, 0.3) is 22.3 Å². The van der Waals surface area contributed by atoms with Crippen molar-refractivity contribution < 1.29 is 5.11 Å². The van der Waals surface area contributed by atoms with E-state index in [1.807, 2.05) is 6.20 Å². The second-order valence-electron chi connectivity index (χ2n) is 11.3. The Kier molecular flexibility index (Phi) is 7.59. The summed E-state index contributed by atoms with van der Waals surface area (Å²) in [7, 11) is 2.19. The summed E-state index contributed by atoms with van der Waals surface area (Å²) in [6.07, 6.45) is 5.10. The number of fused-ring (bicyclic) bond motifs is 1. The minimum Gasteiger partial charge on any atom is -0.393 e. The number of hydrogen-bond acceptors (Lipinski definition) is 7. The van der Waals surface area contributed by atoms with Crippen LogP contribution >= 0.6 is 0 Å². The molecule has 2 aliphatic rings. The zero-order valence-electron chi connectivity index (χ0n) is 23.1. The number of aromatic nitrogens is 4. The summed E-state index contributed by atoms with van der Waals surface area (Å²) in [4.78, 5) is 14.5. The first-order valence-corrected chi connectivity index (χ1v) is 14.2. The second-order valence-corrected chi connectivity index (χ2v) is 11.3. The summed E-state index contributed by atoms with van der Waals surface area (Å²) >= 11 is 0. The minimum absolute atomic E-state index is 0.211. The summed E-state index contributed by atoms with van der Waals surface area (Å²) < 4.78 is 2.09. The Bertz CT molecular complexity index is 1380. The van der Waals surface area contributed by atoms with Gasteiger partial charge in [-0.1, -0.05) is 54.1 Å². The van der Waals surface area contributed by atoms with Gasteiger partial charge in [0, 0.05) is 51.0 Å². The highest BCUT2D eigenvalue weighted by Crippen LogP contribution is 2.34. The van der Waals surface area contributed by atoms with Gasteiger partial charge in [-0.3, -0.25) is 4.90 Å². The van der Waals surface area contributed by atoms with Crippen molar-refractivity contribution in [3.8, 4) is 11.3 Å². The zero-order valence-corrected chi connectivity index (χ0v) is 23.1. The molecule has 8 heteroatoms. The van der Waals surface area contributed by atoms with Crippen LogP contribution in [-0.4, -0.2) is 74.0 Å². The van der Waals surface area contributed by atoms with Crippen molar-refractivity contribution in [2.75, 3.05) is 38.5 Å². The number of piperazine rings is 1. The second kappa shape index (κ2) is 11.4. The Morgan fingerprint density at radius 2 is 1.59 bits per heavy atom. The van der Waals surface area contributed by atoms with Crippen molar-refractivity contribution in [2.45, 2.75) is 57.8 Å². The number of anilines is 1. The number of aliphatic hydroxyl groups is 1. The van der Waals surface area contributed by atoms with Crippen molar-refractivity contribution in [2.24, 2.45) is 0 Å². The summed E-state index contributed by atoms with van der Waals surface area (Å²) in [6, 6.07) is 17.6. The van der Waals surface area contributed by atoms with E-state index in [4.69, 9.17) is 10.1 Å². The van der Waals surface area contributed by atoms with E-state index in [9.17, 15) is 5.11 Å². The summed E-state index contributed by atoms with van der Waals surface area (Å²) in [5.41, 5.74) is 6.63. The number of aryl methyl sites for hydroxylation is 1. The lowest BCUT2D eigenvalue weighted by molar-refractivity contribution is 0.109. The summed E-state index contributed by atoms with van der Waals surface area (Å²) in [5, 5.41) is 19.6. The van der Waals surface area contributed by atoms with Crippen molar-refractivity contribution in [3.05, 3.63) is 71.4 Å². The monoisotopic (exact) mass is 525 g/mol. The molecule has 8 nitrogen and oxygen atoms in total. The Morgan fingerprint density at radius 3 is 2.31 bits per heavy atom. The van der Waals surface area contributed by atoms with Gasteiger partial charge >= 0.3 is 0 Å². The number of hydrogen-bond donors (Lipinski definition) is 2. The Balaban J connectivity index is 1.27. The molecule has 1 aliphatic heterocycles. The van der Waals surface area contributed by atoms with Crippen molar-refractivity contribution in [1.82, 2.24) is 29.5 Å². The lowest BCUT2D eigenvalue weighted by Crippen LogP contribution is -2.43. The van der Waals surface area contributed by atoms with Gasteiger partial charge in [-0.25, -0.2) is 9.67 Å². The molecule has 1 saturated heterocycles. The van der Waals surface area contributed by atoms with Gasteiger partial charge in [-0.2, -0.15) is 10.1 Å². The summed E-state index contributed by atoms with van der Waals surface area (Å²) in [5.74, 6) is 0.606. The largest absolute Gasteiger partial charge is 0.393 e. The molecular weight excluding hydrogens is 486 g/mol. The molecule has 0 atom stereocenters. The number of benzene rings is 2.